The Morgan fingerprint density at radius 1 is 0.395 bits per heavy atom. The fraction of sp³-hybridized carbons (Fsp3) is 0.310. The molecule has 11 aromatic rings. The summed E-state index contributed by atoms with van der Waals surface area (Å²) >= 11 is 48.7. The van der Waals surface area contributed by atoms with Crippen molar-refractivity contribution in [2.75, 3.05) is 79.0 Å². The van der Waals surface area contributed by atoms with Crippen molar-refractivity contribution in [1.82, 2.24) is 59.5 Å². The Kier molecular flexibility index (Phi) is 29.2. The summed E-state index contributed by atoms with van der Waals surface area (Å²) in [6, 6.07) is 34.5. The van der Waals surface area contributed by atoms with E-state index in [1.54, 1.807) is 60.1 Å². The minimum absolute atomic E-state index is 0.0687. The molecule has 29 nitrogen and oxygen atoms in total. The number of methoxy groups -OCH3 is 3. The lowest BCUT2D eigenvalue weighted by Gasteiger charge is -2.20. The van der Waals surface area contributed by atoms with Crippen LogP contribution in [0, 0.1) is 27.7 Å². The van der Waals surface area contributed by atoms with Crippen LogP contribution in [0.5, 0.6) is 0 Å². The maximum atomic E-state index is 13.3. The van der Waals surface area contributed by atoms with Crippen LogP contribution in [0.3, 0.4) is 0 Å². The van der Waals surface area contributed by atoms with Crippen LogP contribution in [0.25, 0.3) is 0 Å². The maximum absolute atomic E-state index is 13.3. The van der Waals surface area contributed by atoms with Crippen LogP contribution in [-0.4, -0.2) is 155 Å². The first-order chi connectivity index (χ1) is 58.9. The number of aromatic nitrogens is 10. The summed E-state index contributed by atoms with van der Waals surface area (Å²) < 4.78 is 60.1. The van der Waals surface area contributed by atoms with E-state index >= 15 is 0 Å². The highest BCUT2D eigenvalue weighted by Gasteiger charge is 2.44. The monoisotopic (exact) mass is 1860 g/mol. The molecule has 124 heavy (non-hydrogen) atoms. The molecule has 16 rings (SSSR count). The zero-order valence-electron chi connectivity index (χ0n) is 68.0. The van der Waals surface area contributed by atoms with Gasteiger partial charge in [-0.1, -0.05) is 117 Å². The summed E-state index contributed by atoms with van der Waals surface area (Å²) in [5, 5.41) is 53.0. The summed E-state index contributed by atoms with van der Waals surface area (Å²) in [7, 11) is 3.75. The molecule has 6 aromatic carbocycles. The molecule has 5 aliphatic rings. The lowest BCUT2D eigenvalue weighted by atomic mass is 10.1. The highest BCUT2D eigenvalue weighted by molar-refractivity contribution is 6.36. The van der Waals surface area contributed by atoms with Crippen molar-refractivity contribution in [1.29, 1.82) is 0 Å². The summed E-state index contributed by atoms with van der Waals surface area (Å²) in [6.45, 7) is 19.7. The van der Waals surface area contributed by atoms with E-state index in [4.69, 9.17) is 107 Å². The van der Waals surface area contributed by atoms with Gasteiger partial charge in [-0.2, -0.15) is 38.7 Å². The van der Waals surface area contributed by atoms with Crippen LogP contribution >= 0.6 is 92.8 Å². The minimum Gasteiger partial charge on any atom is -0.478 e. The molecule has 5 aromatic heterocycles. The number of alkyl halides is 3. The standard InChI is InChI=1S/C24H24Cl2N4O3.C23H22Cl2N4O3.C15H15Cl2N3O2.C14H13Cl2N3O2.C8H8F3N3O2/c1-14(17-4-6-18(7-5-17)24(32)33-3)27-22(31)21-15(2)28-30-9-8-29(23(21)30)13-16-10-19(25)12-20(26)11-16;1-13(16-3-5-17(6-4-16)23(31)32)26-21(30)20-14(2)27-29-8-7-28(22(20)29)12-15-9-18(24)11-19(25)10-15;1-9-13(15(21)22-2)14-19(3-4-20(14)18-9)8-10-5-11(16)7-12(17)6-10;1-8-12(14(20)21)13-18(2-3-19(13)17-8)7-9-4-10(15)6-11(16)5-9;1-16-7(15)4-5(8(9,10)11)13-14-3-2-12-6(4)14/h4-7,10-12,14H,8-9,13H2,1-3H3,(H,27,31);3-6,9-11,13H,7-8,12H2,1-2H3,(H,26,30)(H,31,32);5-7H,3-4,8H2,1-2H3;4-6H,2-3,7H2,1H3,(H,20,21);12H,2-3H2,1H3/t14-;13-;;;/m00.../s1. The van der Waals surface area contributed by atoms with Crippen molar-refractivity contribution in [3.63, 3.8) is 0 Å². The summed E-state index contributed by atoms with van der Waals surface area (Å²) in [6.07, 6.45) is -4.66. The number of halogens is 11. The summed E-state index contributed by atoms with van der Waals surface area (Å²) in [5.74, 6) is -1.10. The van der Waals surface area contributed by atoms with E-state index in [2.05, 4.69) is 60.9 Å². The molecule has 10 heterocycles. The van der Waals surface area contributed by atoms with Crippen LogP contribution in [0.2, 0.25) is 40.2 Å². The number of aromatic carboxylic acids is 2. The van der Waals surface area contributed by atoms with Crippen LogP contribution in [-0.2, 0) is 79.3 Å². The van der Waals surface area contributed by atoms with Crippen LogP contribution in [0.15, 0.2) is 121 Å². The predicted molar refractivity (Wildman–Crippen MR) is 466 cm³/mol. The topological polar surface area (TPSA) is 326 Å². The molecule has 2 atom stereocenters. The SMILES string of the molecule is COC(=O)c1c(C(F)(F)F)nn2c1NCC2.COC(=O)c1c(C)nn2c1N(Cc1cc(Cl)cc(Cl)c1)CC2.COC(=O)c1ccc([C@H](C)NC(=O)c2c(C)nn3c2N(Cc2cc(Cl)cc(Cl)c2)CC3)cc1.Cc1nn2c(c1C(=O)N[C@@H](C)c1ccc(C(=O)O)cc1)N(Cc1cc(Cl)cc(Cl)c1)CC2.Cc1nn2c(c1C(=O)O)N(Cc1cc(Cl)cc(Cl)c1)CC2. The van der Waals surface area contributed by atoms with Crippen molar-refractivity contribution in [2.45, 2.75) is 119 Å². The third kappa shape index (κ3) is 21.2. The molecule has 0 saturated heterocycles. The van der Waals surface area contributed by atoms with Gasteiger partial charge in [0, 0.05) is 99.1 Å². The van der Waals surface area contributed by atoms with E-state index in [0.29, 0.717) is 156 Å². The second kappa shape index (κ2) is 39.3. The molecular weight excluding hydrogens is 1780 g/mol. The molecule has 0 unspecified atom stereocenters. The van der Waals surface area contributed by atoms with Gasteiger partial charge < -0.3 is 60.0 Å². The molecule has 0 aliphatic carbocycles. The van der Waals surface area contributed by atoms with Crippen molar-refractivity contribution < 1.29 is 71.2 Å². The van der Waals surface area contributed by atoms with Gasteiger partial charge in [-0.3, -0.25) is 9.59 Å². The lowest BCUT2D eigenvalue weighted by Crippen LogP contribution is -2.29. The molecule has 0 saturated carbocycles. The molecule has 40 heteroatoms. The van der Waals surface area contributed by atoms with E-state index < -0.39 is 41.3 Å². The Hall–Kier alpha value is -11.2. The number of anilines is 5. The van der Waals surface area contributed by atoms with Gasteiger partial charge in [0.1, 0.15) is 56.9 Å². The average molecular weight is 1860 g/mol. The van der Waals surface area contributed by atoms with E-state index in [1.807, 2.05) is 114 Å². The number of aryl methyl sites for hydroxylation is 4. The molecule has 0 radical (unpaired) electrons. The van der Waals surface area contributed by atoms with Gasteiger partial charge in [-0.15, -0.1) is 0 Å². The zero-order valence-corrected chi connectivity index (χ0v) is 74.0. The Balaban J connectivity index is 0.000000145. The normalized spacial score (nSPS) is 13.7. The number of carbonyl (C=O) groups is 7. The molecule has 2 amide bonds. The number of nitrogens with one attached hydrogen (secondary N) is 3. The van der Waals surface area contributed by atoms with Gasteiger partial charge in [0.15, 0.2) is 5.69 Å². The number of rotatable bonds is 19. The highest BCUT2D eigenvalue weighted by Crippen LogP contribution is 2.40. The van der Waals surface area contributed by atoms with Crippen LogP contribution < -0.4 is 35.6 Å². The lowest BCUT2D eigenvalue weighted by molar-refractivity contribution is -0.142. The minimum atomic E-state index is -4.66. The third-order valence-electron chi connectivity index (χ3n) is 20.6. The van der Waals surface area contributed by atoms with Gasteiger partial charge in [0.2, 0.25) is 0 Å². The molecule has 5 N–H and O–H groups in total. The Bertz CT molecular complexity index is 5840. The van der Waals surface area contributed by atoms with Crippen molar-refractivity contribution >= 4 is 164 Å². The van der Waals surface area contributed by atoms with E-state index in [9.17, 15) is 51.8 Å². The first-order valence-electron chi connectivity index (χ1n) is 38.4. The number of carboxylic acid groups (broad SMARTS) is 2. The van der Waals surface area contributed by atoms with Crippen molar-refractivity contribution in [3.05, 3.63) is 262 Å². The quantitative estimate of drug-likeness (QED) is 0.0371. The number of hydrogen-bond acceptors (Lipinski definition) is 20. The van der Waals surface area contributed by atoms with Gasteiger partial charge >= 0.3 is 36.0 Å². The highest BCUT2D eigenvalue weighted by atomic mass is 35.5. The van der Waals surface area contributed by atoms with Crippen molar-refractivity contribution in [2.24, 2.45) is 0 Å². The number of amides is 2. The number of esters is 3. The number of ether oxygens (including phenoxy) is 3. The van der Waals surface area contributed by atoms with E-state index in [0.717, 1.165) is 88.8 Å². The third-order valence-corrected chi connectivity index (χ3v) is 22.3. The molecule has 0 fully saturated rings. The van der Waals surface area contributed by atoms with Crippen molar-refractivity contribution in [3.8, 4) is 0 Å². The van der Waals surface area contributed by atoms with E-state index in [1.165, 1.54) is 26.4 Å². The Morgan fingerprint density at radius 2 is 0.694 bits per heavy atom. The van der Waals surface area contributed by atoms with Gasteiger partial charge in [-0.25, -0.2) is 47.4 Å². The number of carboxylic acids is 2. The molecule has 5 aliphatic heterocycles. The first-order valence-corrected chi connectivity index (χ1v) is 41.5. The smallest absolute Gasteiger partial charge is 0.436 e. The molecule has 0 bridgehead atoms. The fourth-order valence-corrected chi connectivity index (χ4v) is 17.4. The largest absolute Gasteiger partial charge is 0.478 e. The number of benzene rings is 6. The van der Waals surface area contributed by atoms with Crippen LogP contribution in [0.4, 0.5) is 42.3 Å². The number of hydrogen-bond donors (Lipinski definition) is 5. The van der Waals surface area contributed by atoms with Gasteiger partial charge in [0.25, 0.3) is 11.8 Å². The van der Waals surface area contributed by atoms with E-state index in [-0.39, 0.29) is 46.8 Å². The molecule has 0 spiro atoms. The number of nitrogens with zero attached hydrogens (tertiary/aromatic N) is 14. The maximum Gasteiger partial charge on any atom is 0.436 e. The number of carbonyl (C=O) groups excluding carboxylic acids is 5. The second-order valence-electron chi connectivity index (χ2n) is 29.3. The summed E-state index contributed by atoms with van der Waals surface area (Å²) in [5.41, 5.74) is 8.85. The Morgan fingerprint density at radius 3 is 1.01 bits per heavy atom. The predicted octanol–water partition coefficient (Wildman–Crippen LogP) is 17.1. The molecular formula is C84H82Cl8F3N17O12. The second-order valence-corrected chi connectivity index (χ2v) is 32.8. The van der Waals surface area contributed by atoms with Gasteiger partial charge in [-0.05, 0) is 172 Å². The average Bonchev–Trinajstić information content (AvgIpc) is 1.66. The Labute approximate surface area is 749 Å². The first kappa shape index (κ1) is 92.0. The van der Waals surface area contributed by atoms with Gasteiger partial charge in [0.05, 0.1) is 100 Å². The summed E-state index contributed by atoms with van der Waals surface area (Å²) in [4.78, 5) is 92.3. The zero-order chi connectivity index (χ0) is 89.6. The van der Waals surface area contributed by atoms with Crippen LogP contribution in [0.1, 0.15) is 160 Å². The molecule has 652 valence electrons. The number of fused-ring (bicyclic) bond motifs is 5. The fourth-order valence-electron chi connectivity index (χ4n) is 15.1.